The first kappa shape index (κ1) is 24.2. The zero-order chi connectivity index (χ0) is 25.3. The summed E-state index contributed by atoms with van der Waals surface area (Å²) in [6.07, 6.45) is 5.14. The molecule has 37 heavy (non-hydrogen) atoms. The molecule has 1 aliphatic rings. The Morgan fingerprint density at radius 3 is 2.46 bits per heavy atom. The molecule has 2 N–H and O–H groups in total. The Hall–Kier alpha value is -4.53. The lowest BCUT2D eigenvalue weighted by Crippen LogP contribution is -2.31. The summed E-state index contributed by atoms with van der Waals surface area (Å²) in [5, 5.41) is 7.60. The first-order valence-electron chi connectivity index (χ1n) is 12.3. The van der Waals surface area contributed by atoms with Crippen molar-refractivity contribution in [2.24, 2.45) is 5.10 Å². The minimum atomic E-state index is -0.265. The molecule has 5 rings (SSSR count). The van der Waals surface area contributed by atoms with Crippen LogP contribution < -0.4 is 20.4 Å². The number of para-hydroxylation sites is 1. The summed E-state index contributed by atoms with van der Waals surface area (Å²) in [4.78, 5) is 15.9. The Balaban J connectivity index is 1.27. The Labute approximate surface area is 215 Å². The van der Waals surface area contributed by atoms with Gasteiger partial charge in [-0.05, 0) is 66.8 Å². The molecule has 0 spiro atoms. The normalized spacial score (nSPS) is 13.5. The van der Waals surface area contributed by atoms with E-state index in [1.54, 1.807) is 18.3 Å². The van der Waals surface area contributed by atoms with Crippen LogP contribution in [0.15, 0.2) is 84.0 Å². The van der Waals surface area contributed by atoms with Gasteiger partial charge in [0.2, 0.25) is 17.8 Å². The molecule has 3 aromatic carbocycles. The van der Waals surface area contributed by atoms with Gasteiger partial charge in [-0.15, -0.1) is 0 Å². The van der Waals surface area contributed by atoms with Gasteiger partial charge in [0, 0.05) is 18.8 Å². The van der Waals surface area contributed by atoms with Crippen LogP contribution in [-0.4, -0.2) is 34.3 Å². The van der Waals surface area contributed by atoms with Crippen LogP contribution >= 0.6 is 0 Å². The maximum absolute atomic E-state index is 13.1. The molecule has 1 aliphatic heterocycles. The zero-order valence-corrected chi connectivity index (χ0v) is 20.3. The lowest BCUT2D eigenvalue weighted by atomic mass is 10.1. The van der Waals surface area contributed by atoms with Gasteiger partial charge in [-0.1, -0.05) is 42.5 Å². The molecule has 1 fully saturated rings. The topological polar surface area (TPSA) is 87.6 Å². The average molecular weight is 498 g/mol. The molecule has 8 nitrogen and oxygen atoms in total. The molecular weight excluding hydrogens is 469 g/mol. The Kier molecular flexibility index (Phi) is 7.80. The quantitative estimate of drug-likeness (QED) is 0.224. The van der Waals surface area contributed by atoms with Crippen LogP contribution in [-0.2, 0) is 6.61 Å². The van der Waals surface area contributed by atoms with Crippen LogP contribution in [0.25, 0.3) is 0 Å². The highest BCUT2D eigenvalue weighted by Gasteiger charge is 2.16. The highest BCUT2D eigenvalue weighted by Crippen LogP contribution is 2.21. The van der Waals surface area contributed by atoms with Gasteiger partial charge < -0.3 is 15.0 Å². The lowest BCUT2D eigenvalue weighted by molar-refractivity contribution is 0.306. The van der Waals surface area contributed by atoms with Gasteiger partial charge in [0.1, 0.15) is 18.2 Å². The largest absolute Gasteiger partial charge is 0.489 e. The maximum Gasteiger partial charge on any atom is 0.250 e. The van der Waals surface area contributed by atoms with Crippen LogP contribution in [0.2, 0.25) is 0 Å². The van der Waals surface area contributed by atoms with Crippen molar-refractivity contribution in [1.29, 1.82) is 0 Å². The van der Waals surface area contributed by atoms with Crippen molar-refractivity contribution in [2.75, 3.05) is 28.7 Å². The van der Waals surface area contributed by atoms with E-state index in [1.165, 1.54) is 18.6 Å². The number of piperidine rings is 1. The smallest absolute Gasteiger partial charge is 0.250 e. The molecule has 188 valence electrons. The molecule has 0 saturated carbocycles. The summed E-state index contributed by atoms with van der Waals surface area (Å²) in [7, 11) is 0. The molecule has 9 heteroatoms. The number of hydrogen-bond donors (Lipinski definition) is 2. The van der Waals surface area contributed by atoms with Gasteiger partial charge in [0.25, 0.3) is 0 Å². The zero-order valence-electron chi connectivity index (χ0n) is 20.3. The summed E-state index contributed by atoms with van der Waals surface area (Å²) in [5.74, 6) is 1.86. The third kappa shape index (κ3) is 7.00. The molecule has 0 atom stereocenters. The van der Waals surface area contributed by atoms with Crippen LogP contribution in [0.3, 0.4) is 0 Å². The summed E-state index contributed by atoms with van der Waals surface area (Å²) in [6, 6.07) is 23.6. The van der Waals surface area contributed by atoms with Crippen molar-refractivity contribution >= 4 is 29.7 Å². The first-order valence-corrected chi connectivity index (χ1v) is 12.3. The van der Waals surface area contributed by atoms with E-state index < -0.39 is 0 Å². The molecule has 0 amide bonds. The number of nitrogens with one attached hydrogen (secondary N) is 2. The second-order valence-corrected chi connectivity index (χ2v) is 8.68. The van der Waals surface area contributed by atoms with Gasteiger partial charge in [-0.2, -0.15) is 20.1 Å². The monoisotopic (exact) mass is 497 g/mol. The molecule has 0 radical (unpaired) electrons. The number of anilines is 4. The van der Waals surface area contributed by atoms with E-state index in [-0.39, 0.29) is 5.82 Å². The fourth-order valence-electron chi connectivity index (χ4n) is 3.95. The van der Waals surface area contributed by atoms with Crippen molar-refractivity contribution in [3.63, 3.8) is 0 Å². The number of benzene rings is 3. The fraction of sp³-hybridized carbons (Fsp3) is 0.214. The van der Waals surface area contributed by atoms with Crippen LogP contribution in [0.5, 0.6) is 5.75 Å². The predicted octanol–water partition coefficient (Wildman–Crippen LogP) is 5.77. The summed E-state index contributed by atoms with van der Waals surface area (Å²) in [5.41, 5.74) is 5.57. The number of halogens is 1. The number of hydrogen-bond acceptors (Lipinski definition) is 8. The average Bonchev–Trinajstić information content (AvgIpc) is 2.94. The SMILES string of the molecule is Fc1ccc(COc2cccc(/C=N\Nc3nc(Nc4ccccc4)nc(N4CCCCC4)n3)c2)cc1. The Morgan fingerprint density at radius 1 is 0.865 bits per heavy atom. The minimum Gasteiger partial charge on any atom is -0.489 e. The predicted molar refractivity (Wildman–Crippen MR) is 144 cm³/mol. The third-order valence-corrected chi connectivity index (χ3v) is 5.85. The maximum atomic E-state index is 13.1. The second kappa shape index (κ2) is 11.9. The van der Waals surface area contributed by atoms with Crippen LogP contribution in [0.4, 0.5) is 27.9 Å². The molecule has 0 aliphatic carbocycles. The van der Waals surface area contributed by atoms with Crippen molar-refractivity contribution in [2.45, 2.75) is 25.9 Å². The number of rotatable bonds is 9. The fourth-order valence-corrected chi connectivity index (χ4v) is 3.95. The second-order valence-electron chi connectivity index (χ2n) is 8.68. The van der Waals surface area contributed by atoms with E-state index in [0.717, 1.165) is 42.7 Å². The Morgan fingerprint density at radius 2 is 1.65 bits per heavy atom. The minimum absolute atomic E-state index is 0.265. The van der Waals surface area contributed by atoms with Gasteiger partial charge in [-0.25, -0.2) is 9.82 Å². The summed E-state index contributed by atoms with van der Waals surface area (Å²) >= 11 is 0. The molecule has 4 aromatic rings. The number of ether oxygens (including phenoxy) is 1. The van der Waals surface area contributed by atoms with Gasteiger partial charge in [-0.3, -0.25) is 0 Å². The van der Waals surface area contributed by atoms with Crippen LogP contribution in [0.1, 0.15) is 30.4 Å². The first-order chi connectivity index (χ1) is 18.2. The number of aromatic nitrogens is 3. The molecule has 0 bridgehead atoms. The number of hydrazone groups is 1. The third-order valence-electron chi connectivity index (χ3n) is 5.85. The Bertz CT molecular complexity index is 1330. The van der Waals surface area contributed by atoms with Crippen LogP contribution in [0, 0.1) is 5.82 Å². The van der Waals surface area contributed by atoms with Crippen molar-refractivity contribution in [1.82, 2.24) is 15.0 Å². The number of nitrogens with zero attached hydrogens (tertiary/aromatic N) is 5. The van der Waals surface area contributed by atoms with Crippen molar-refractivity contribution < 1.29 is 9.13 Å². The van der Waals surface area contributed by atoms with E-state index in [0.29, 0.717) is 30.2 Å². The van der Waals surface area contributed by atoms with E-state index >= 15 is 0 Å². The summed E-state index contributed by atoms with van der Waals surface area (Å²) in [6.45, 7) is 2.19. The highest BCUT2D eigenvalue weighted by atomic mass is 19.1. The molecule has 1 aromatic heterocycles. The van der Waals surface area contributed by atoms with Gasteiger partial charge in [0.05, 0.1) is 6.21 Å². The van der Waals surface area contributed by atoms with Crippen molar-refractivity contribution in [3.05, 3.63) is 95.8 Å². The van der Waals surface area contributed by atoms with E-state index in [4.69, 9.17) is 4.74 Å². The molecule has 1 saturated heterocycles. The standard InChI is InChI=1S/C28H28FN7O/c29-23-14-12-21(13-15-23)20-37-25-11-7-8-22(18-25)19-30-35-27-32-26(31-24-9-3-1-4-10-24)33-28(34-27)36-16-5-2-6-17-36/h1,3-4,7-15,18-19H,2,5-6,16-17,20H2,(H2,31,32,33,34,35)/b30-19-. The summed E-state index contributed by atoms with van der Waals surface area (Å²) < 4.78 is 18.9. The highest BCUT2D eigenvalue weighted by molar-refractivity contribution is 5.80. The van der Waals surface area contributed by atoms with E-state index in [9.17, 15) is 4.39 Å². The van der Waals surface area contributed by atoms with Gasteiger partial charge >= 0.3 is 0 Å². The van der Waals surface area contributed by atoms with E-state index in [2.05, 4.69) is 35.7 Å². The molecular formula is C28H28FN7O. The molecule has 2 heterocycles. The van der Waals surface area contributed by atoms with E-state index in [1.807, 2.05) is 54.6 Å². The lowest BCUT2D eigenvalue weighted by Gasteiger charge is -2.26. The molecule has 0 unspecified atom stereocenters. The van der Waals surface area contributed by atoms with Gasteiger partial charge in [0.15, 0.2) is 0 Å². The van der Waals surface area contributed by atoms with Crippen molar-refractivity contribution in [3.8, 4) is 5.75 Å².